The third kappa shape index (κ3) is 5.17. The van der Waals surface area contributed by atoms with Crippen LogP contribution in [0.5, 0.6) is 0 Å². The average Bonchev–Trinajstić information content (AvgIpc) is 2.45. The first-order chi connectivity index (χ1) is 9.85. The summed E-state index contributed by atoms with van der Waals surface area (Å²) in [6, 6.07) is 6.31. The zero-order valence-electron chi connectivity index (χ0n) is 12.8. The average molecular weight is 293 g/mol. The lowest BCUT2D eigenvalue weighted by molar-refractivity contribution is -0.124. The molecule has 0 aliphatic heterocycles. The van der Waals surface area contributed by atoms with Crippen molar-refractivity contribution in [3.05, 3.63) is 24.3 Å². The van der Waals surface area contributed by atoms with Gasteiger partial charge in [0.15, 0.2) is 0 Å². The van der Waals surface area contributed by atoms with Gasteiger partial charge in [-0.2, -0.15) is 0 Å². The number of methoxy groups -OCH3 is 1. The molecule has 0 radical (unpaired) electrons. The molecule has 6 heteroatoms. The molecular formula is C15H23N3O3. The van der Waals surface area contributed by atoms with E-state index in [1.807, 2.05) is 13.8 Å². The van der Waals surface area contributed by atoms with Crippen LogP contribution in [0.2, 0.25) is 0 Å². The summed E-state index contributed by atoms with van der Waals surface area (Å²) in [6.07, 6.45) is -0.544. The van der Waals surface area contributed by atoms with Gasteiger partial charge in [0.05, 0.1) is 6.04 Å². The minimum absolute atomic E-state index is 0.0513. The summed E-state index contributed by atoms with van der Waals surface area (Å²) in [5.41, 5.74) is 6.95. The molecule has 1 aromatic rings. The highest BCUT2D eigenvalue weighted by Gasteiger charge is 2.17. The predicted octanol–water partition coefficient (Wildman–Crippen LogP) is 1.58. The molecule has 0 heterocycles. The molecule has 21 heavy (non-hydrogen) atoms. The van der Waals surface area contributed by atoms with Crippen molar-refractivity contribution in [2.75, 3.05) is 17.7 Å². The molecule has 116 valence electrons. The lowest BCUT2D eigenvalue weighted by Crippen LogP contribution is -2.39. The number of benzene rings is 1. The Balaban J connectivity index is 2.73. The van der Waals surface area contributed by atoms with Crippen molar-refractivity contribution in [1.29, 1.82) is 0 Å². The van der Waals surface area contributed by atoms with Crippen molar-refractivity contribution in [3.63, 3.8) is 0 Å². The molecular weight excluding hydrogens is 270 g/mol. The standard InChI is InChI=1S/C15H23N3O3/c1-9(2)13(16)15(20)18-12-7-5-6-11(8-12)17-14(19)10(3)21-4/h5-10,13H,16H2,1-4H3,(H,17,19)(H,18,20)/t10?,13-/m0/s1. The van der Waals surface area contributed by atoms with Gasteiger partial charge in [-0.05, 0) is 31.0 Å². The summed E-state index contributed by atoms with van der Waals surface area (Å²) in [7, 11) is 1.47. The quantitative estimate of drug-likeness (QED) is 0.742. The van der Waals surface area contributed by atoms with Gasteiger partial charge in [-0.1, -0.05) is 19.9 Å². The molecule has 4 N–H and O–H groups in total. The highest BCUT2D eigenvalue weighted by atomic mass is 16.5. The third-order valence-electron chi connectivity index (χ3n) is 3.14. The van der Waals surface area contributed by atoms with Crippen molar-refractivity contribution < 1.29 is 14.3 Å². The molecule has 0 aliphatic rings. The lowest BCUT2D eigenvalue weighted by Gasteiger charge is -2.16. The van der Waals surface area contributed by atoms with E-state index < -0.39 is 12.1 Å². The van der Waals surface area contributed by atoms with Gasteiger partial charge in [-0.25, -0.2) is 0 Å². The van der Waals surface area contributed by atoms with E-state index in [-0.39, 0.29) is 17.7 Å². The minimum atomic E-state index is -0.572. The van der Waals surface area contributed by atoms with Crippen molar-refractivity contribution >= 4 is 23.2 Å². The van der Waals surface area contributed by atoms with Gasteiger partial charge in [-0.15, -0.1) is 0 Å². The van der Waals surface area contributed by atoms with Crippen molar-refractivity contribution in [3.8, 4) is 0 Å². The van der Waals surface area contributed by atoms with Crippen LogP contribution in [0, 0.1) is 5.92 Å². The molecule has 2 amide bonds. The number of amides is 2. The van der Waals surface area contributed by atoms with Crippen molar-refractivity contribution in [1.82, 2.24) is 0 Å². The topological polar surface area (TPSA) is 93.5 Å². The summed E-state index contributed by atoms with van der Waals surface area (Å²) in [5, 5.41) is 5.45. The monoisotopic (exact) mass is 293 g/mol. The van der Waals surface area contributed by atoms with E-state index in [9.17, 15) is 9.59 Å². The molecule has 1 aromatic carbocycles. The summed E-state index contributed by atoms with van der Waals surface area (Å²) < 4.78 is 4.94. The fraction of sp³-hybridized carbons (Fsp3) is 0.467. The van der Waals surface area contributed by atoms with E-state index in [0.717, 1.165) is 0 Å². The second-order valence-electron chi connectivity index (χ2n) is 5.21. The second kappa shape index (κ2) is 7.75. The zero-order chi connectivity index (χ0) is 16.0. The fourth-order valence-corrected chi connectivity index (χ4v) is 1.55. The van der Waals surface area contributed by atoms with E-state index in [2.05, 4.69) is 10.6 Å². The van der Waals surface area contributed by atoms with Crippen LogP contribution < -0.4 is 16.4 Å². The van der Waals surface area contributed by atoms with Gasteiger partial charge in [0.2, 0.25) is 5.91 Å². The molecule has 0 bridgehead atoms. The number of ether oxygens (including phenoxy) is 1. The number of rotatable bonds is 6. The van der Waals surface area contributed by atoms with Crippen LogP contribution in [0.4, 0.5) is 11.4 Å². The SMILES string of the molecule is COC(C)C(=O)Nc1cccc(NC(=O)[C@@H](N)C(C)C)c1. The first kappa shape index (κ1) is 17.1. The normalized spacial score (nSPS) is 13.6. The van der Waals surface area contributed by atoms with Crippen LogP contribution in [0.3, 0.4) is 0 Å². The number of nitrogens with two attached hydrogens (primary N) is 1. The van der Waals surface area contributed by atoms with Gasteiger partial charge in [0, 0.05) is 18.5 Å². The Morgan fingerprint density at radius 2 is 1.62 bits per heavy atom. The van der Waals surface area contributed by atoms with E-state index in [4.69, 9.17) is 10.5 Å². The summed E-state index contributed by atoms with van der Waals surface area (Å²) in [4.78, 5) is 23.6. The van der Waals surface area contributed by atoms with Gasteiger partial charge in [-0.3, -0.25) is 9.59 Å². The molecule has 0 saturated heterocycles. The van der Waals surface area contributed by atoms with Crippen LogP contribution >= 0.6 is 0 Å². The number of nitrogens with one attached hydrogen (secondary N) is 2. The number of carbonyl (C=O) groups is 2. The Bertz CT molecular complexity index is 503. The fourth-order valence-electron chi connectivity index (χ4n) is 1.55. The van der Waals surface area contributed by atoms with Crippen LogP contribution in [-0.2, 0) is 14.3 Å². The number of hydrogen-bond donors (Lipinski definition) is 3. The molecule has 0 aliphatic carbocycles. The van der Waals surface area contributed by atoms with Gasteiger partial charge in [0.1, 0.15) is 6.10 Å². The van der Waals surface area contributed by atoms with Crippen LogP contribution in [0.25, 0.3) is 0 Å². The minimum Gasteiger partial charge on any atom is -0.372 e. The van der Waals surface area contributed by atoms with Crippen LogP contribution in [0.1, 0.15) is 20.8 Å². The largest absolute Gasteiger partial charge is 0.372 e. The van der Waals surface area contributed by atoms with E-state index >= 15 is 0 Å². The Morgan fingerprint density at radius 3 is 2.10 bits per heavy atom. The maximum absolute atomic E-state index is 11.9. The summed E-state index contributed by atoms with van der Waals surface area (Å²) in [6.45, 7) is 5.42. The molecule has 6 nitrogen and oxygen atoms in total. The molecule has 0 spiro atoms. The first-order valence-corrected chi connectivity index (χ1v) is 6.85. The van der Waals surface area contributed by atoms with Gasteiger partial charge < -0.3 is 21.1 Å². The highest BCUT2D eigenvalue weighted by Crippen LogP contribution is 2.16. The number of anilines is 2. The Labute approximate surface area is 125 Å². The molecule has 1 rings (SSSR count). The molecule has 2 atom stereocenters. The molecule has 0 aromatic heterocycles. The third-order valence-corrected chi connectivity index (χ3v) is 3.14. The Kier molecular flexibility index (Phi) is 6.33. The number of hydrogen-bond acceptors (Lipinski definition) is 4. The summed E-state index contributed by atoms with van der Waals surface area (Å²) >= 11 is 0. The maximum atomic E-state index is 11.9. The molecule has 0 saturated carbocycles. The van der Waals surface area contributed by atoms with Gasteiger partial charge in [0.25, 0.3) is 5.91 Å². The van der Waals surface area contributed by atoms with Crippen LogP contribution in [0.15, 0.2) is 24.3 Å². The Hall–Kier alpha value is -1.92. The smallest absolute Gasteiger partial charge is 0.253 e. The van der Waals surface area contributed by atoms with E-state index in [0.29, 0.717) is 11.4 Å². The predicted molar refractivity (Wildman–Crippen MR) is 83.0 cm³/mol. The summed E-state index contributed by atoms with van der Waals surface area (Å²) in [5.74, 6) is -0.450. The Morgan fingerprint density at radius 1 is 1.10 bits per heavy atom. The number of carbonyl (C=O) groups excluding carboxylic acids is 2. The highest BCUT2D eigenvalue weighted by molar-refractivity contribution is 5.97. The molecule has 1 unspecified atom stereocenters. The van der Waals surface area contributed by atoms with Crippen molar-refractivity contribution in [2.24, 2.45) is 11.7 Å². The van der Waals surface area contributed by atoms with Crippen LogP contribution in [-0.4, -0.2) is 31.1 Å². The van der Waals surface area contributed by atoms with E-state index in [1.165, 1.54) is 7.11 Å². The lowest BCUT2D eigenvalue weighted by atomic mass is 10.0. The van der Waals surface area contributed by atoms with E-state index in [1.54, 1.807) is 31.2 Å². The second-order valence-corrected chi connectivity index (χ2v) is 5.21. The zero-order valence-corrected chi connectivity index (χ0v) is 12.8. The molecule has 0 fully saturated rings. The van der Waals surface area contributed by atoms with Gasteiger partial charge >= 0.3 is 0 Å². The maximum Gasteiger partial charge on any atom is 0.253 e. The van der Waals surface area contributed by atoms with Crippen molar-refractivity contribution in [2.45, 2.75) is 32.9 Å². The first-order valence-electron chi connectivity index (χ1n) is 6.85.